The van der Waals surface area contributed by atoms with Gasteiger partial charge in [-0.1, -0.05) is 72.9 Å². The molecule has 0 amide bonds. The van der Waals surface area contributed by atoms with E-state index >= 15 is 0 Å². The van der Waals surface area contributed by atoms with Crippen LogP contribution in [0.15, 0.2) is 60.7 Å². The largest absolute Gasteiger partial charge is 0.454 e. The molecule has 0 saturated carbocycles. The second-order valence-electron chi connectivity index (χ2n) is 11.0. The number of rotatable bonds is 5. The van der Waals surface area contributed by atoms with Gasteiger partial charge < -0.3 is 0 Å². The van der Waals surface area contributed by atoms with Crippen molar-refractivity contribution in [3.63, 3.8) is 0 Å². The molecule has 5 rings (SSSR count). The van der Waals surface area contributed by atoms with Crippen LogP contribution in [-0.2, 0) is 10.8 Å². The molecule has 0 N–H and O–H groups in total. The summed E-state index contributed by atoms with van der Waals surface area (Å²) in [5.41, 5.74) is -5.61. The van der Waals surface area contributed by atoms with E-state index in [0.717, 1.165) is 23.3 Å². The number of halogens is 10. The number of hydrogen-bond donors (Lipinski definition) is 0. The highest BCUT2D eigenvalue weighted by Crippen LogP contribution is 2.60. The van der Waals surface area contributed by atoms with Crippen molar-refractivity contribution >= 4 is 12.2 Å². The summed E-state index contributed by atoms with van der Waals surface area (Å²) in [5.74, 6) is -11.3. The fourth-order valence-corrected chi connectivity index (χ4v) is 6.12. The van der Waals surface area contributed by atoms with Crippen molar-refractivity contribution in [2.24, 2.45) is 0 Å². The predicted octanol–water partition coefficient (Wildman–Crippen LogP) is 9.87. The van der Waals surface area contributed by atoms with Gasteiger partial charge in [-0.2, -0.15) is 43.9 Å². The molecule has 10 heteroatoms. The molecule has 0 spiro atoms. The van der Waals surface area contributed by atoms with Crippen molar-refractivity contribution in [1.82, 2.24) is 0 Å². The first-order chi connectivity index (χ1) is 18.4. The van der Waals surface area contributed by atoms with E-state index in [9.17, 15) is 43.9 Å². The van der Waals surface area contributed by atoms with Crippen molar-refractivity contribution < 1.29 is 43.9 Å². The van der Waals surface area contributed by atoms with Crippen LogP contribution >= 0.6 is 0 Å². The smallest absolute Gasteiger partial charge is 0.195 e. The van der Waals surface area contributed by atoms with Crippen molar-refractivity contribution in [3.05, 3.63) is 94.1 Å². The van der Waals surface area contributed by atoms with Crippen LogP contribution in [-0.4, -0.2) is 24.2 Å². The van der Waals surface area contributed by atoms with Gasteiger partial charge in [0.25, 0.3) is 0 Å². The van der Waals surface area contributed by atoms with Crippen LogP contribution < -0.4 is 0 Å². The summed E-state index contributed by atoms with van der Waals surface area (Å²) in [6, 6.07) is 9.59. The quantitative estimate of drug-likeness (QED) is 0.246. The molecule has 214 valence electrons. The van der Waals surface area contributed by atoms with Crippen LogP contribution in [0.5, 0.6) is 0 Å². The van der Waals surface area contributed by atoms with Crippen LogP contribution in [0, 0.1) is 0 Å². The third-order valence-electron chi connectivity index (χ3n) is 8.71. The minimum atomic E-state index is -6.09. The molecule has 3 aliphatic carbocycles. The molecule has 0 fully saturated rings. The van der Waals surface area contributed by atoms with Crippen LogP contribution in [0.2, 0.25) is 0 Å². The highest BCUT2D eigenvalue weighted by Gasteiger charge is 2.73. The zero-order valence-corrected chi connectivity index (χ0v) is 21.3. The van der Waals surface area contributed by atoms with Crippen molar-refractivity contribution in [1.29, 1.82) is 0 Å². The minimum absolute atomic E-state index is 0.0443. The SMILES string of the molecule is CC1(C(F)(F)C(F)(F)F)C=CC(C)(C(F)(F)C(F)(F)F)c2cc3c(cc21)C=CC3CCC1C=Cc2ccccc21. The van der Waals surface area contributed by atoms with Gasteiger partial charge in [0.2, 0.25) is 0 Å². The van der Waals surface area contributed by atoms with Gasteiger partial charge >= 0.3 is 24.2 Å². The van der Waals surface area contributed by atoms with Gasteiger partial charge in [0.15, 0.2) is 0 Å². The third kappa shape index (κ3) is 3.88. The van der Waals surface area contributed by atoms with Gasteiger partial charge in [-0.15, -0.1) is 0 Å². The lowest BCUT2D eigenvalue weighted by molar-refractivity contribution is -0.307. The molecule has 0 heterocycles. The lowest BCUT2D eigenvalue weighted by atomic mass is 9.61. The topological polar surface area (TPSA) is 0 Å². The van der Waals surface area contributed by atoms with Gasteiger partial charge in [-0.05, 0) is 60.1 Å². The zero-order valence-electron chi connectivity index (χ0n) is 21.3. The summed E-state index contributed by atoms with van der Waals surface area (Å²) in [6.07, 6.45) is -3.70. The molecule has 0 nitrogen and oxygen atoms in total. The fraction of sp³-hybridized carbons (Fsp3) is 0.400. The van der Waals surface area contributed by atoms with Gasteiger partial charge in [-0.25, -0.2) is 0 Å². The summed E-state index contributed by atoms with van der Waals surface area (Å²) in [4.78, 5) is 0. The molecule has 0 aromatic heterocycles. The van der Waals surface area contributed by atoms with Crippen LogP contribution in [0.1, 0.15) is 71.9 Å². The van der Waals surface area contributed by atoms with Crippen molar-refractivity contribution in [2.45, 2.75) is 73.6 Å². The number of benzene rings is 2. The number of fused-ring (bicyclic) bond motifs is 3. The summed E-state index contributed by atoms with van der Waals surface area (Å²) >= 11 is 0. The summed E-state index contributed by atoms with van der Waals surface area (Å²) in [5, 5.41) is 0. The van der Waals surface area contributed by atoms with E-state index in [4.69, 9.17) is 0 Å². The average Bonchev–Trinajstić information content (AvgIpc) is 3.46. The van der Waals surface area contributed by atoms with Crippen molar-refractivity contribution in [2.75, 3.05) is 0 Å². The molecule has 0 bridgehead atoms. The Balaban J connectivity index is 1.60. The third-order valence-corrected chi connectivity index (χ3v) is 8.71. The monoisotopic (exact) mass is 574 g/mol. The van der Waals surface area contributed by atoms with E-state index in [1.807, 2.05) is 36.4 Å². The Hall–Kier alpha value is -3.04. The molecule has 4 atom stereocenters. The highest BCUT2D eigenvalue weighted by atomic mass is 19.4. The van der Waals surface area contributed by atoms with Crippen LogP contribution in [0.4, 0.5) is 43.9 Å². The first-order valence-electron chi connectivity index (χ1n) is 12.6. The molecule has 2 aromatic carbocycles. The Morgan fingerprint density at radius 1 is 0.600 bits per heavy atom. The lowest BCUT2D eigenvalue weighted by Crippen LogP contribution is -2.58. The van der Waals surface area contributed by atoms with Gasteiger partial charge in [0.05, 0.1) is 10.8 Å². The molecular formula is C30H24F10. The summed E-state index contributed by atoms with van der Waals surface area (Å²) in [6.45, 7) is 1.03. The Kier molecular flexibility index (Phi) is 6.22. The molecule has 0 radical (unpaired) electrons. The predicted molar refractivity (Wildman–Crippen MR) is 132 cm³/mol. The van der Waals surface area contributed by atoms with E-state index in [1.54, 1.807) is 6.08 Å². The fourth-order valence-electron chi connectivity index (χ4n) is 6.12. The number of alkyl halides is 10. The van der Waals surface area contributed by atoms with Gasteiger partial charge in [0.1, 0.15) is 0 Å². The molecule has 40 heavy (non-hydrogen) atoms. The first kappa shape index (κ1) is 28.5. The minimum Gasteiger partial charge on any atom is -0.195 e. The maximum Gasteiger partial charge on any atom is 0.454 e. The zero-order chi connectivity index (χ0) is 29.5. The lowest BCUT2D eigenvalue weighted by Gasteiger charge is -2.47. The summed E-state index contributed by atoms with van der Waals surface area (Å²) in [7, 11) is 0. The number of hydrogen-bond acceptors (Lipinski definition) is 0. The Morgan fingerprint density at radius 2 is 1.05 bits per heavy atom. The normalized spacial score (nSPS) is 27.6. The van der Waals surface area contributed by atoms with Gasteiger partial charge in [-0.3, -0.25) is 0 Å². The van der Waals surface area contributed by atoms with E-state index < -0.39 is 52.1 Å². The van der Waals surface area contributed by atoms with Crippen LogP contribution in [0.3, 0.4) is 0 Å². The van der Waals surface area contributed by atoms with Crippen molar-refractivity contribution in [3.8, 4) is 0 Å². The molecular weight excluding hydrogens is 550 g/mol. The Labute approximate surface area is 224 Å². The second kappa shape index (κ2) is 8.73. The molecule has 0 aliphatic heterocycles. The first-order valence-corrected chi connectivity index (χ1v) is 12.6. The molecule has 0 saturated heterocycles. The summed E-state index contributed by atoms with van der Waals surface area (Å²) < 4.78 is 141. The van der Waals surface area contributed by atoms with E-state index in [1.165, 1.54) is 6.08 Å². The maximum atomic E-state index is 15.0. The van der Waals surface area contributed by atoms with E-state index in [0.29, 0.717) is 32.3 Å². The highest BCUT2D eigenvalue weighted by molar-refractivity contribution is 5.68. The number of allylic oxidation sites excluding steroid dienone is 4. The Morgan fingerprint density at radius 3 is 1.57 bits per heavy atom. The molecule has 2 aromatic rings. The van der Waals surface area contributed by atoms with Crippen LogP contribution in [0.25, 0.3) is 12.2 Å². The molecule has 4 unspecified atom stereocenters. The standard InChI is InChI=1S/C30H24F10/c1-25(27(31,32)29(35,36)37)13-14-26(2,28(33,34)30(38,39)40)24-16-22-19(11-12-20(22)15-23(24)25)10-9-18-8-7-17-5-3-4-6-21(17)18/h3-8,11-16,18-19H,9-10H2,1-2H3. The van der Waals surface area contributed by atoms with Gasteiger partial charge in [0, 0.05) is 11.8 Å². The second-order valence-corrected chi connectivity index (χ2v) is 11.0. The van der Waals surface area contributed by atoms with E-state index in [-0.39, 0.29) is 23.6 Å². The maximum absolute atomic E-state index is 15.0. The van der Waals surface area contributed by atoms with E-state index in [2.05, 4.69) is 0 Å². The Bertz CT molecular complexity index is 1420. The average molecular weight is 575 g/mol. The molecule has 3 aliphatic rings.